The predicted octanol–water partition coefficient (Wildman–Crippen LogP) is 4.22. The van der Waals surface area contributed by atoms with Gasteiger partial charge in [0.25, 0.3) is 5.91 Å². The van der Waals surface area contributed by atoms with Crippen LogP contribution in [0.1, 0.15) is 36.0 Å². The fourth-order valence-corrected chi connectivity index (χ4v) is 5.74. The number of methoxy groups -OCH3 is 1. The van der Waals surface area contributed by atoms with E-state index in [9.17, 15) is 13.2 Å². The number of ether oxygens (including phenoxy) is 2. The zero-order valence-electron chi connectivity index (χ0n) is 19.3. The minimum Gasteiger partial charge on any atom is -0.496 e. The Balaban J connectivity index is 1.43. The monoisotopic (exact) mass is 482 g/mol. The van der Waals surface area contributed by atoms with E-state index in [4.69, 9.17) is 9.47 Å². The maximum atomic E-state index is 13.2. The van der Waals surface area contributed by atoms with Gasteiger partial charge < -0.3 is 14.8 Å². The van der Waals surface area contributed by atoms with Crippen molar-refractivity contribution in [3.8, 4) is 11.5 Å². The maximum Gasteiger partial charge on any atom is 0.255 e. The molecule has 0 atom stereocenters. The Bertz CT molecular complexity index is 1250. The van der Waals surface area contributed by atoms with Crippen LogP contribution >= 0.6 is 0 Å². The topological polar surface area (TPSA) is 84.9 Å². The highest BCUT2D eigenvalue weighted by molar-refractivity contribution is 7.89. The molecule has 4 rings (SSSR count). The molecular formula is C26H30N2O5S. The molecule has 34 heavy (non-hydrogen) atoms. The van der Waals surface area contributed by atoms with Crippen LogP contribution in [0, 0.1) is 0 Å². The summed E-state index contributed by atoms with van der Waals surface area (Å²) >= 11 is 0. The van der Waals surface area contributed by atoms with Crippen molar-refractivity contribution in [3.63, 3.8) is 0 Å². The van der Waals surface area contributed by atoms with Crippen molar-refractivity contribution in [1.29, 1.82) is 0 Å². The average Bonchev–Trinajstić information content (AvgIpc) is 3.16. The molecule has 3 aromatic carbocycles. The number of carbonyl (C=O) groups is 1. The molecule has 0 saturated carbocycles. The molecule has 0 radical (unpaired) electrons. The van der Waals surface area contributed by atoms with Crippen molar-refractivity contribution >= 4 is 26.7 Å². The number of hydrogen-bond donors (Lipinski definition) is 1. The van der Waals surface area contributed by atoms with Crippen molar-refractivity contribution in [2.45, 2.75) is 30.6 Å². The van der Waals surface area contributed by atoms with Gasteiger partial charge in [0.2, 0.25) is 10.0 Å². The highest BCUT2D eigenvalue weighted by atomic mass is 32.2. The first-order chi connectivity index (χ1) is 16.5. The van der Waals surface area contributed by atoms with Crippen molar-refractivity contribution in [3.05, 3.63) is 66.2 Å². The highest BCUT2D eigenvalue weighted by Gasteiger charge is 2.27. The Labute approximate surface area is 200 Å². The number of fused-ring (bicyclic) bond motifs is 1. The van der Waals surface area contributed by atoms with E-state index in [0.29, 0.717) is 18.8 Å². The lowest BCUT2D eigenvalue weighted by molar-refractivity contribution is 0.0944. The molecule has 0 unspecified atom stereocenters. The first-order valence-corrected chi connectivity index (χ1v) is 13.0. The normalized spacial score (nSPS) is 15.0. The second-order valence-corrected chi connectivity index (χ2v) is 10.2. The van der Waals surface area contributed by atoms with Crippen LogP contribution in [-0.2, 0) is 10.0 Å². The van der Waals surface area contributed by atoms with Crippen molar-refractivity contribution in [2.24, 2.45) is 0 Å². The molecule has 8 heteroatoms. The molecule has 1 N–H and O–H groups in total. The summed E-state index contributed by atoms with van der Waals surface area (Å²) in [6, 6.07) is 18.2. The van der Waals surface area contributed by atoms with E-state index in [1.54, 1.807) is 0 Å². The minimum atomic E-state index is -3.68. The molecule has 0 aliphatic carbocycles. The van der Waals surface area contributed by atoms with Gasteiger partial charge in [-0.15, -0.1) is 0 Å². The molecule has 1 aliphatic rings. The van der Waals surface area contributed by atoms with Gasteiger partial charge in [-0.05, 0) is 42.5 Å². The summed E-state index contributed by atoms with van der Waals surface area (Å²) in [7, 11) is -2.22. The quantitative estimate of drug-likeness (QED) is 0.486. The smallest absolute Gasteiger partial charge is 0.255 e. The van der Waals surface area contributed by atoms with E-state index in [2.05, 4.69) is 5.32 Å². The predicted molar refractivity (Wildman–Crippen MR) is 132 cm³/mol. The van der Waals surface area contributed by atoms with E-state index in [1.165, 1.54) is 29.6 Å². The lowest BCUT2D eigenvalue weighted by Gasteiger charge is -2.20. The SMILES string of the molecule is COc1ccc(S(=O)(=O)N2CCCCCC2)cc1C(=O)NCCOc1cccc2ccccc12. The van der Waals surface area contributed by atoms with Gasteiger partial charge in [0.05, 0.1) is 24.1 Å². The number of carbonyl (C=O) groups excluding carboxylic acids is 1. The van der Waals surface area contributed by atoms with Crippen molar-refractivity contribution in [1.82, 2.24) is 9.62 Å². The molecule has 1 amide bonds. The molecular weight excluding hydrogens is 452 g/mol. The number of amides is 1. The van der Waals surface area contributed by atoms with Gasteiger partial charge in [-0.2, -0.15) is 4.31 Å². The zero-order valence-corrected chi connectivity index (χ0v) is 20.1. The van der Waals surface area contributed by atoms with E-state index in [0.717, 1.165) is 42.2 Å². The summed E-state index contributed by atoms with van der Waals surface area (Å²) in [5, 5.41) is 4.89. The maximum absolute atomic E-state index is 13.2. The van der Waals surface area contributed by atoms with Crippen molar-refractivity contribution in [2.75, 3.05) is 33.4 Å². The lowest BCUT2D eigenvalue weighted by atomic mass is 10.1. The van der Waals surface area contributed by atoms with Crippen molar-refractivity contribution < 1.29 is 22.7 Å². The third kappa shape index (κ3) is 5.34. The summed E-state index contributed by atoms with van der Waals surface area (Å²) in [6.07, 6.45) is 3.76. The van der Waals surface area contributed by atoms with Gasteiger partial charge in [-0.25, -0.2) is 8.42 Å². The summed E-state index contributed by atoms with van der Waals surface area (Å²) in [4.78, 5) is 13.0. The Morgan fingerprint density at radius 3 is 2.44 bits per heavy atom. The number of nitrogens with zero attached hydrogens (tertiary/aromatic N) is 1. The minimum absolute atomic E-state index is 0.104. The summed E-state index contributed by atoms with van der Waals surface area (Å²) < 4.78 is 39.1. The van der Waals surface area contributed by atoms with Crippen LogP contribution in [0.25, 0.3) is 10.8 Å². The zero-order chi connectivity index (χ0) is 24.0. The second kappa shape index (κ2) is 10.9. The lowest BCUT2D eigenvalue weighted by Crippen LogP contribution is -2.32. The number of rotatable bonds is 8. The van der Waals surface area contributed by atoms with E-state index >= 15 is 0 Å². The Kier molecular flexibility index (Phi) is 7.70. The van der Waals surface area contributed by atoms with Gasteiger partial charge in [0, 0.05) is 18.5 Å². The summed E-state index contributed by atoms with van der Waals surface area (Å²) in [5.74, 6) is 0.657. The van der Waals surface area contributed by atoms with Crippen LogP contribution in [0.5, 0.6) is 11.5 Å². The van der Waals surface area contributed by atoms with Gasteiger partial charge in [-0.1, -0.05) is 49.2 Å². The number of hydrogen-bond acceptors (Lipinski definition) is 5. The van der Waals surface area contributed by atoms with Crippen LogP contribution < -0.4 is 14.8 Å². The van der Waals surface area contributed by atoms with Gasteiger partial charge in [0.1, 0.15) is 18.1 Å². The molecule has 1 heterocycles. The molecule has 180 valence electrons. The number of nitrogens with one attached hydrogen (secondary N) is 1. The molecule has 0 spiro atoms. The number of benzene rings is 3. The highest BCUT2D eigenvalue weighted by Crippen LogP contribution is 2.27. The van der Waals surface area contributed by atoms with E-state index in [-0.39, 0.29) is 23.6 Å². The van der Waals surface area contributed by atoms with Crippen LogP contribution in [0.2, 0.25) is 0 Å². The van der Waals surface area contributed by atoms with Gasteiger partial charge >= 0.3 is 0 Å². The third-order valence-electron chi connectivity index (χ3n) is 6.01. The Morgan fingerprint density at radius 1 is 0.941 bits per heavy atom. The summed E-state index contributed by atoms with van der Waals surface area (Å²) in [5.41, 5.74) is 0.184. The van der Waals surface area contributed by atoms with Gasteiger partial charge in [-0.3, -0.25) is 4.79 Å². The fourth-order valence-electron chi connectivity index (χ4n) is 4.20. The second-order valence-electron chi connectivity index (χ2n) is 8.26. The molecule has 3 aromatic rings. The standard InChI is InChI=1S/C26H30N2O5S/c1-32-24-14-13-21(34(30,31)28-16-6-2-3-7-17-28)19-23(24)26(29)27-15-18-33-25-12-8-10-20-9-4-5-11-22(20)25/h4-5,8-14,19H,2-3,6-7,15-18H2,1H3,(H,27,29). The largest absolute Gasteiger partial charge is 0.496 e. The third-order valence-corrected chi connectivity index (χ3v) is 7.91. The van der Waals surface area contributed by atoms with Gasteiger partial charge in [0.15, 0.2) is 0 Å². The number of sulfonamides is 1. The molecule has 1 fully saturated rings. The Morgan fingerprint density at radius 2 is 1.68 bits per heavy atom. The molecule has 0 bridgehead atoms. The fraction of sp³-hybridized carbons (Fsp3) is 0.346. The molecule has 1 aliphatic heterocycles. The van der Waals surface area contributed by atoms with E-state index in [1.807, 2.05) is 42.5 Å². The van der Waals surface area contributed by atoms with Crippen LogP contribution in [-0.4, -0.2) is 52.0 Å². The van der Waals surface area contributed by atoms with Crippen LogP contribution in [0.15, 0.2) is 65.6 Å². The van der Waals surface area contributed by atoms with Crippen LogP contribution in [0.4, 0.5) is 0 Å². The Hall–Kier alpha value is -3.10. The molecule has 0 aromatic heterocycles. The van der Waals surface area contributed by atoms with Crippen LogP contribution in [0.3, 0.4) is 0 Å². The molecule has 1 saturated heterocycles. The first-order valence-electron chi connectivity index (χ1n) is 11.6. The molecule has 7 nitrogen and oxygen atoms in total. The summed E-state index contributed by atoms with van der Waals surface area (Å²) in [6.45, 7) is 1.53. The first kappa shape index (κ1) is 24.0. The van der Waals surface area contributed by atoms with E-state index < -0.39 is 15.9 Å². The average molecular weight is 483 g/mol.